The highest BCUT2D eigenvalue weighted by Crippen LogP contribution is 2.22. The van der Waals surface area contributed by atoms with Crippen molar-refractivity contribution in [1.82, 2.24) is 15.6 Å². The lowest BCUT2D eigenvalue weighted by atomic mass is 10.2. The van der Waals surface area contributed by atoms with Crippen LogP contribution >= 0.6 is 0 Å². The number of hydrogen-bond acceptors (Lipinski definition) is 6. The topological polar surface area (TPSA) is 148 Å². The molecule has 0 spiro atoms. The monoisotopic (exact) mass is 406 g/mol. The van der Waals surface area contributed by atoms with Gasteiger partial charge in [-0.05, 0) is 11.6 Å². The standard InChI is InChI=1S/C17H18N4O6S/c22-16(18-12-13-6-2-1-3-7-13)10-11-17(23)19-20-28(26,27)15-9-5-4-8-14(15)21(24)25/h1-9,20H,10-12H2,(H,18,22)(H,19,23). The molecule has 0 bridgehead atoms. The van der Waals surface area contributed by atoms with Crippen molar-refractivity contribution in [3.63, 3.8) is 0 Å². The average Bonchev–Trinajstić information content (AvgIpc) is 2.70. The van der Waals surface area contributed by atoms with Crippen molar-refractivity contribution in [3.8, 4) is 0 Å². The van der Waals surface area contributed by atoms with Crippen LogP contribution in [0.4, 0.5) is 5.69 Å². The number of hydrogen-bond donors (Lipinski definition) is 3. The highest BCUT2D eigenvalue weighted by atomic mass is 32.2. The quantitative estimate of drug-likeness (QED) is 0.418. The van der Waals surface area contributed by atoms with E-state index in [9.17, 15) is 28.1 Å². The fourth-order valence-electron chi connectivity index (χ4n) is 2.19. The lowest BCUT2D eigenvalue weighted by molar-refractivity contribution is -0.387. The van der Waals surface area contributed by atoms with E-state index in [0.29, 0.717) is 6.54 Å². The minimum Gasteiger partial charge on any atom is -0.352 e. The number of sulfonamides is 1. The van der Waals surface area contributed by atoms with Gasteiger partial charge in [-0.15, -0.1) is 4.83 Å². The van der Waals surface area contributed by atoms with Crippen LogP contribution in [-0.2, 0) is 26.2 Å². The molecule has 2 aromatic rings. The Morgan fingerprint density at radius 3 is 2.21 bits per heavy atom. The zero-order valence-corrected chi connectivity index (χ0v) is 15.4. The van der Waals surface area contributed by atoms with Gasteiger partial charge in [0.05, 0.1) is 4.92 Å². The summed E-state index contributed by atoms with van der Waals surface area (Å²) in [5.74, 6) is -1.13. The molecule has 3 N–H and O–H groups in total. The van der Waals surface area contributed by atoms with Gasteiger partial charge in [0.15, 0.2) is 4.90 Å². The third-order valence-electron chi connectivity index (χ3n) is 3.59. The van der Waals surface area contributed by atoms with Gasteiger partial charge in [0.25, 0.3) is 15.7 Å². The molecule has 0 radical (unpaired) electrons. The van der Waals surface area contributed by atoms with Crippen molar-refractivity contribution < 1.29 is 22.9 Å². The fraction of sp³-hybridized carbons (Fsp3) is 0.176. The van der Waals surface area contributed by atoms with Gasteiger partial charge in [0.2, 0.25) is 11.8 Å². The highest BCUT2D eigenvalue weighted by Gasteiger charge is 2.25. The van der Waals surface area contributed by atoms with E-state index in [4.69, 9.17) is 0 Å². The Labute approximate surface area is 161 Å². The summed E-state index contributed by atoms with van der Waals surface area (Å²) in [6.07, 6.45) is -0.411. The third kappa shape index (κ3) is 6.14. The van der Waals surface area contributed by atoms with Gasteiger partial charge in [-0.1, -0.05) is 42.5 Å². The summed E-state index contributed by atoms with van der Waals surface area (Å²) in [4.78, 5) is 34.8. The number of nitrogens with one attached hydrogen (secondary N) is 3. The van der Waals surface area contributed by atoms with Gasteiger partial charge < -0.3 is 5.32 Å². The zero-order chi connectivity index (χ0) is 20.6. The molecule has 0 aliphatic rings. The largest absolute Gasteiger partial charge is 0.352 e. The summed E-state index contributed by atoms with van der Waals surface area (Å²) in [5, 5.41) is 13.6. The molecule has 0 aromatic heterocycles. The number of carbonyl (C=O) groups excluding carboxylic acids is 2. The second kappa shape index (κ2) is 9.58. The molecule has 0 saturated carbocycles. The van der Waals surface area contributed by atoms with Crippen LogP contribution < -0.4 is 15.6 Å². The first-order valence-electron chi connectivity index (χ1n) is 8.14. The summed E-state index contributed by atoms with van der Waals surface area (Å²) in [7, 11) is -4.34. The minimum absolute atomic E-state index is 0.147. The van der Waals surface area contributed by atoms with Gasteiger partial charge in [-0.25, -0.2) is 8.42 Å². The van der Waals surface area contributed by atoms with Crippen molar-refractivity contribution in [2.75, 3.05) is 0 Å². The molecule has 0 fully saturated rings. The second-order valence-corrected chi connectivity index (χ2v) is 7.29. The van der Waals surface area contributed by atoms with Crippen molar-refractivity contribution in [2.45, 2.75) is 24.3 Å². The van der Waals surface area contributed by atoms with E-state index < -0.39 is 31.4 Å². The first-order valence-corrected chi connectivity index (χ1v) is 9.62. The predicted octanol–water partition coefficient (Wildman–Crippen LogP) is 1.00. The van der Waals surface area contributed by atoms with E-state index in [1.807, 2.05) is 35.8 Å². The molecule has 0 unspecified atom stereocenters. The van der Waals surface area contributed by atoms with Crippen LogP contribution in [0.1, 0.15) is 18.4 Å². The van der Waals surface area contributed by atoms with Crippen LogP contribution in [0.5, 0.6) is 0 Å². The second-order valence-electron chi connectivity index (χ2n) is 5.64. The molecule has 0 aliphatic carbocycles. The van der Waals surface area contributed by atoms with Crippen molar-refractivity contribution in [3.05, 3.63) is 70.3 Å². The molecular formula is C17H18N4O6S. The van der Waals surface area contributed by atoms with E-state index >= 15 is 0 Å². The normalized spacial score (nSPS) is 10.9. The molecule has 0 heterocycles. The zero-order valence-electron chi connectivity index (χ0n) is 14.6. The van der Waals surface area contributed by atoms with Gasteiger partial charge in [-0.3, -0.25) is 25.1 Å². The molecule has 28 heavy (non-hydrogen) atoms. The maximum Gasteiger partial charge on any atom is 0.289 e. The first kappa shape index (κ1) is 21.0. The number of carbonyl (C=O) groups is 2. The number of amides is 2. The first-order chi connectivity index (χ1) is 13.3. The van der Waals surface area contributed by atoms with E-state index in [1.54, 1.807) is 4.83 Å². The number of benzene rings is 2. The maximum absolute atomic E-state index is 12.1. The third-order valence-corrected chi connectivity index (χ3v) is 4.88. The van der Waals surface area contributed by atoms with Crippen molar-refractivity contribution in [1.29, 1.82) is 0 Å². The molecule has 2 rings (SSSR count). The Morgan fingerprint density at radius 1 is 0.929 bits per heavy atom. The van der Waals surface area contributed by atoms with Crippen LogP contribution in [0, 0.1) is 10.1 Å². The molecule has 0 aliphatic heterocycles. The number of nitrogens with zero attached hydrogens (tertiary/aromatic N) is 1. The SMILES string of the molecule is O=C(CCC(=O)NNS(=O)(=O)c1ccccc1[N+](=O)[O-])NCc1ccccc1. The smallest absolute Gasteiger partial charge is 0.289 e. The molecule has 10 nitrogen and oxygen atoms in total. The van der Waals surface area contributed by atoms with Crippen molar-refractivity contribution in [2.24, 2.45) is 0 Å². The fourth-order valence-corrected chi connectivity index (χ4v) is 3.22. The summed E-state index contributed by atoms with van der Waals surface area (Å²) in [5.41, 5.74) is 2.22. The van der Waals surface area contributed by atoms with Gasteiger partial charge in [-0.2, -0.15) is 0 Å². The Morgan fingerprint density at radius 2 is 1.54 bits per heavy atom. The molecule has 2 aromatic carbocycles. The molecule has 0 saturated heterocycles. The lowest BCUT2D eigenvalue weighted by Crippen LogP contribution is -2.42. The number of rotatable bonds is 9. The predicted molar refractivity (Wildman–Crippen MR) is 99.1 cm³/mol. The number of nitro benzene ring substituents is 1. The van der Waals surface area contributed by atoms with Crippen LogP contribution in [-0.4, -0.2) is 25.2 Å². The van der Waals surface area contributed by atoms with Gasteiger partial charge >= 0.3 is 0 Å². The Balaban J connectivity index is 1.82. The van der Waals surface area contributed by atoms with Gasteiger partial charge in [0, 0.05) is 25.5 Å². The van der Waals surface area contributed by atoms with Crippen LogP contribution in [0.3, 0.4) is 0 Å². The van der Waals surface area contributed by atoms with Crippen LogP contribution in [0.25, 0.3) is 0 Å². The minimum atomic E-state index is -4.34. The number of hydrazine groups is 1. The molecular weight excluding hydrogens is 388 g/mol. The Hall–Kier alpha value is -3.31. The lowest BCUT2D eigenvalue weighted by Gasteiger charge is -2.09. The summed E-state index contributed by atoms with van der Waals surface area (Å²) >= 11 is 0. The number of para-hydroxylation sites is 1. The van der Waals surface area contributed by atoms with Crippen molar-refractivity contribution >= 4 is 27.5 Å². The molecule has 148 valence electrons. The summed E-state index contributed by atoms with van der Waals surface area (Å²) < 4.78 is 24.3. The van der Waals surface area contributed by atoms with E-state index in [0.717, 1.165) is 17.7 Å². The number of nitro groups is 1. The van der Waals surface area contributed by atoms with E-state index in [2.05, 4.69) is 5.32 Å². The summed E-state index contributed by atoms with van der Waals surface area (Å²) in [6, 6.07) is 13.9. The summed E-state index contributed by atoms with van der Waals surface area (Å²) in [6.45, 7) is 0.311. The van der Waals surface area contributed by atoms with Crippen LogP contribution in [0.15, 0.2) is 59.5 Å². The average molecular weight is 406 g/mol. The van der Waals surface area contributed by atoms with Crippen LogP contribution in [0.2, 0.25) is 0 Å². The Bertz CT molecular complexity index is 963. The molecule has 0 atom stereocenters. The molecule has 2 amide bonds. The van der Waals surface area contributed by atoms with E-state index in [1.165, 1.54) is 12.1 Å². The maximum atomic E-state index is 12.1. The highest BCUT2D eigenvalue weighted by molar-refractivity contribution is 7.89. The van der Waals surface area contributed by atoms with Gasteiger partial charge in [0.1, 0.15) is 0 Å². The van der Waals surface area contributed by atoms with E-state index in [-0.39, 0.29) is 18.7 Å². The Kier molecular flexibility index (Phi) is 7.18. The molecule has 11 heteroatoms.